The van der Waals surface area contributed by atoms with Crippen LogP contribution in [0.1, 0.15) is 11.3 Å². The molecule has 4 nitrogen and oxygen atoms in total. The molecule has 0 saturated carbocycles. The zero-order valence-electron chi connectivity index (χ0n) is 11.0. The first-order valence-electron chi connectivity index (χ1n) is 6.46. The first-order valence-corrected chi connectivity index (χ1v) is 6.46. The van der Waals surface area contributed by atoms with E-state index in [9.17, 15) is 0 Å². The van der Waals surface area contributed by atoms with Crippen molar-refractivity contribution in [3.05, 3.63) is 66.1 Å². The van der Waals surface area contributed by atoms with Crippen molar-refractivity contribution in [3.8, 4) is 5.75 Å². The topological polar surface area (TPSA) is 61.0 Å². The summed E-state index contributed by atoms with van der Waals surface area (Å²) in [6.07, 6.45) is 3.56. The second kappa shape index (κ2) is 5.67. The highest BCUT2D eigenvalue weighted by Gasteiger charge is 2.00. The maximum Gasteiger partial charge on any atom is 0.130 e. The molecular formula is C16H15N3O. The van der Waals surface area contributed by atoms with Gasteiger partial charge >= 0.3 is 0 Å². The Balaban J connectivity index is 1.72. The molecule has 0 spiro atoms. The molecule has 2 aromatic heterocycles. The van der Waals surface area contributed by atoms with E-state index in [2.05, 4.69) is 9.97 Å². The molecule has 0 atom stereocenters. The van der Waals surface area contributed by atoms with E-state index in [0.717, 1.165) is 27.9 Å². The fraction of sp³-hybridized carbons (Fsp3) is 0.125. The fourth-order valence-corrected chi connectivity index (χ4v) is 1.95. The molecule has 1 aromatic carbocycles. The van der Waals surface area contributed by atoms with Gasteiger partial charge in [0.25, 0.3) is 0 Å². The number of benzene rings is 1. The second-order valence-electron chi connectivity index (χ2n) is 4.51. The summed E-state index contributed by atoms with van der Waals surface area (Å²) >= 11 is 0. The van der Waals surface area contributed by atoms with Gasteiger partial charge in [-0.2, -0.15) is 0 Å². The quantitative estimate of drug-likeness (QED) is 0.787. The summed E-state index contributed by atoms with van der Waals surface area (Å²) in [6, 6.07) is 13.7. The SMILES string of the molecule is NCc1ccc(COc2ccc3cccnc3c2)nc1. The summed E-state index contributed by atoms with van der Waals surface area (Å²) in [5.74, 6) is 0.793. The van der Waals surface area contributed by atoms with Crippen molar-refractivity contribution in [1.29, 1.82) is 0 Å². The molecule has 20 heavy (non-hydrogen) atoms. The first-order chi connectivity index (χ1) is 9.85. The molecule has 0 amide bonds. The van der Waals surface area contributed by atoms with E-state index in [1.165, 1.54) is 0 Å². The van der Waals surface area contributed by atoms with Crippen LogP contribution in [0.25, 0.3) is 10.9 Å². The zero-order valence-corrected chi connectivity index (χ0v) is 11.0. The fourth-order valence-electron chi connectivity index (χ4n) is 1.95. The number of nitrogens with zero attached hydrogens (tertiary/aromatic N) is 2. The van der Waals surface area contributed by atoms with Crippen molar-refractivity contribution in [1.82, 2.24) is 9.97 Å². The minimum Gasteiger partial charge on any atom is -0.487 e. The van der Waals surface area contributed by atoms with Crippen LogP contribution >= 0.6 is 0 Å². The molecule has 3 aromatic rings. The zero-order chi connectivity index (χ0) is 13.8. The Morgan fingerprint density at radius 2 is 2.00 bits per heavy atom. The number of fused-ring (bicyclic) bond motifs is 1. The van der Waals surface area contributed by atoms with Crippen LogP contribution in [0.15, 0.2) is 54.9 Å². The summed E-state index contributed by atoms with van der Waals surface area (Å²) in [5, 5.41) is 1.10. The minimum atomic E-state index is 0.434. The van der Waals surface area contributed by atoms with Crippen LogP contribution in [0.2, 0.25) is 0 Å². The van der Waals surface area contributed by atoms with E-state index in [1.54, 1.807) is 12.4 Å². The lowest BCUT2D eigenvalue weighted by atomic mass is 10.2. The Kier molecular flexibility index (Phi) is 3.56. The molecule has 0 unspecified atom stereocenters. The van der Waals surface area contributed by atoms with E-state index in [4.69, 9.17) is 10.5 Å². The number of rotatable bonds is 4. The molecule has 2 heterocycles. The lowest BCUT2D eigenvalue weighted by Gasteiger charge is -2.07. The first kappa shape index (κ1) is 12.6. The molecule has 4 heteroatoms. The van der Waals surface area contributed by atoms with Gasteiger partial charge in [0.2, 0.25) is 0 Å². The van der Waals surface area contributed by atoms with Crippen molar-refractivity contribution >= 4 is 10.9 Å². The number of aromatic nitrogens is 2. The Hall–Kier alpha value is -2.46. The van der Waals surface area contributed by atoms with Crippen LogP contribution in [0.5, 0.6) is 5.75 Å². The van der Waals surface area contributed by atoms with Crippen LogP contribution in [0.4, 0.5) is 0 Å². The van der Waals surface area contributed by atoms with Gasteiger partial charge in [-0.15, -0.1) is 0 Å². The van der Waals surface area contributed by atoms with Crippen LogP contribution in [-0.4, -0.2) is 9.97 Å². The van der Waals surface area contributed by atoms with Gasteiger partial charge in [-0.3, -0.25) is 9.97 Å². The lowest BCUT2D eigenvalue weighted by molar-refractivity contribution is 0.301. The molecule has 0 aliphatic rings. The number of ether oxygens (including phenoxy) is 1. The van der Waals surface area contributed by atoms with Gasteiger partial charge in [-0.25, -0.2) is 0 Å². The maximum absolute atomic E-state index is 5.74. The summed E-state index contributed by atoms with van der Waals surface area (Å²) in [5.41, 5.74) is 8.36. The molecule has 0 saturated heterocycles. The lowest BCUT2D eigenvalue weighted by Crippen LogP contribution is -2.01. The summed E-state index contributed by atoms with van der Waals surface area (Å²) in [6.45, 7) is 0.938. The molecule has 0 aliphatic carbocycles. The molecule has 100 valence electrons. The van der Waals surface area contributed by atoms with E-state index in [0.29, 0.717) is 13.2 Å². The number of nitrogens with two attached hydrogens (primary N) is 1. The van der Waals surface area contributed by atoms with Crippen molar-refractivity contribution in [2.45, 2.75) is 13.2 Å². The van der Waals surface area contributed by atoms with Crippen molar-refractivity contribution < 1.29 is 4.74 Å². The smallest absolute Gasteiger partial charge is 0.130 e. The highest BCUT2D eigenvalue weighted by atomic mass is 16.5. The third kappa shape index (κ3) is 2.75. The average molecular weight is 265 g/mol. The van der Waals surface area contributed by atoms with Gasteiger partial charge in [0, 0.05) is 30.4 Å². The molecule has 0 aliphatic heterocycles. The predicted octanol–water partition coefficient (Wildman–Crippen LogP) is 2.67. The summed E-state index contributed by atoms with van der Waals surface area (Å²) < 4.78 is 5.74. The third-order valence-corrected chi connectivity index (χ3v) is 3.09. The third-order valence-electron chi connectivity index (χ3n) is 3.09. The number of hydrogen-bond acceptors (Lipinski definition) is 4. The summed E-state index contributed by atoms with van der Waals surface area (Å²) in [7, 11) is 0. The predicted molar refractivity (Wildman–Crippen MR) is 78.2 cm³/mol. The molecule has 2 N–H and O–H groups in total. The summed E-state index contributed by atoms with van der Waals surface area (Å²) in [4.78, 5) is 8.62. The van der Waals surface area contributed by atoms with E-state index >= 15 is 0 Å². The van der Waals surface area contributed by atoms with Gasteiger partial charge in [-0.05, 0) is 29.8 Å². The molecule has 0 fully saturated rings. The van der Waals surface area contributed by atoms with Crippen LogP contribution in [0, 0.1) is 0 Å². The van der Waals surface area contributed by atoms with E-state index < -0.39 is 0 Å². The van der Waals surface area contributed by atoms with E-state index in [-0.39, 0.29) is 0 Å². The van der Waals surface area contributed by atoms with Crippen molar-refractivity contribution in [2.24, 2.45) is 5.73 Å². The Labute approximate surface area is 117 Å². The standard InChI is InChI=1S/C16H15N3O/c17-9-12-3-5-14(19-10-12)11-20-15-6-4-13-2-1-7-18-16(13)8-15/h1-8,10H,9,11,17H2. The Bertz CT molecular complexity index is 710. The van der Waals surface area contributed by atoms with Gasteiger partial charge < -0.3 is 10.5 Å². The maximum atomic E-state index is 5.74. The van der Waals surface area contributed by atoms with Crippen LogP contribution in [-0.2, 0) is 13.2 Å². The average Bonchev–Trinajstić information content (AvgIpc) is 2.53. The van der Waals surface area contributed by atoms with Crippen LogP contribution in [0.3, 0.4) is 0 Å². The monoisotopic (exact) mass is 265 g/mol. The Morgan fingerprint density at radius 1 is 1.05 bits per heavy atom. The van der Waals surface area contributed by atoms with Gasteiger partial charge in [-0.1, -0.05) is 12.1 Å². The molecular weight excluding hydrogens is 250 g/mol. The van der Waals surface area contributed by atoms with Gasteiger partial charge in [0.15, 0.2) is 0 Å². The van der Waals surface area contributed by atoms with Crippen LogP contribution < -0.4 is 10.5 Å². The molecule has 3 rings (SSSR count). The number of hydrogen-bond donors (Lipinski definition) is 1. The highest BCUT2D eigenvalue weighted by Crippen LogP contribution is 2.19. The second-order valence-corrected chi connectivity index (χ2v) is 4.51. The van der Waals surface area contributed by atoms with Crippen molar-refractivity contribution in [3.63, 3.8) is 0 Å². The normalized spacial score (nSPS) is 10.7. The minimum absolute atomic E-state index is 0.434. The van der Waals surface area contributed by atoms with Gasteiger partial charge in [0.05, 0.1) is 11.2 Å². The van der Waals surface area contributed by atoms with E-state index in [1.807, 2.05) is 42.5 Å². The molecule has 0 bridgehead atoms. The number of pyridine rings is 2. The Morgan fingerprint density at radius 3 is 2.80 bits per heavy atom. The highest BCUT2D eigenvalue weighted by molar-refractivity contribution is 5.79. The van der Waals surface area contributed by atoms with Crippen molar-refractivity contribution in [2.75, 3.05) is 0 Å². The largest absolute Gasteiger partial charge is 0.487 e. The molecule has 0 radical (unpaired) electrons. The van der Waals surface area contributed by atoms with Gasteiger partial charge in [0.1, 0.15) is 12.4 Å².